The van der Waals surface area contributed by atoms with Crippen LogP contribution in [0.15, 0.2) is 41.0 Å². The highest BCUT2D eigenvalue weighted by Gasteiger charge is 2.27. The predicted molar refractivity (Wildman–Crippen MR) is 117 cm³/mol. The van der Waals surface area contributed by atoms with E-state index < -0.39 is 0 Å². The first kappa shape index (κ1) is 20.1. The third kappa shape index (κ3) is 5.04. The molecule has 29 heavy (non-hydrogen) atoms. The van der Waals surface area contributed by atoms with Crippen molar-refractivity contribution < 1.29 is 9.59 Å². The molecule has 0 unspecified atom stereocenters. The van der Waals surface area contributed by atoms with Gasteiger partial charge in [0.15, 0.2) is 0 Å². The number of pyridine rings is 1. The number of amides is 2. The smallest absolute Gasteiger partial charge is 0.228 e. The van der Waals surface area contributed by atoms with E-state index in [1.807, 2.05) is 11.0 Å². The Hall–Kier alpha value is -2.21. The van der Waals surface area contributed by atoms with Gasteiger partial charge >= 0.3 is 0 Å². The molecule has 5 nitrogen and oxygen atoms in total. The number of carbonyl (C=O) groups excluding carboxylic acids is 2. The third-order valence-corrected chi connectivity index (χ3v) is 6.43. The molecule has 1 aromatic carbocycles. The fourth-order valence-corrected chi connectivity index (χ4v) is 4.49. The monoisotopic (exact) mass is 455 g/mol. The van der Waals surface area contributed by atoms with Crippen molar-refractivity contribution in [1.82, 2.24) is 9.88 Å². The molecule has 2 aromatic rings. The molecule has 1 aromatic heterocycles. The minimum Gasteiger partial charge on any atom is -0.342 e. The number of piperidine rings is 1. The van der Waals surface area contributed by atoms with E-state index in [4.69, 9.17) is 0 Å². The summed E-state index contributed by atoms with van der Waals surface area (Å²) in [4.78, 5) is 31.3. The number of likely N-dealkylation sites (tertiary alicyclic amines) is 1. The lowest BCUT2D eigenvalue weighted by Gasteiger charge is -2.31. The number of rotatable bonds is 4. The molecule has 0 spiro atoms. The average Bonchev–Trinajstić information content (AvgIpc) is 2.75. The Balaban J connectivity index is 1.28. The summed E-state index contributed by atoms with van der Waals surface area (Å²) in [5.74, 6) is 0.633. The average molecular weight is 456 g/mol. The zero-order valence-corrected chi connectivity index (χ0v) is 18.1. The molecule has 152 valence electrons. The van der Waals surface area contributed by atoms with Gasteiger partial charge in [0.2, 0.25) is 11.8 Å². The van der Waals surface area contributed by atoms with Gasteiger partial charge in [-0.25, -0.2) is 4.98 Å². The SMILES string of the molecule is O=C(Nc1ccc(Br)cn1)C1CCN(C(=O)Cc2ccc3c(c2)CCCC3)CC1. The van der Waals surface area contributed by atoms with Crippen LogP contribution in [0.4, 0.5) is 5.82 Å². The number of halogens is 1. The van der Waals surface area contributed by atoms with E-state index in [0.717, 1.165) is 22.9 Å². The summed E-state index contributed by atoms with van der Waals surface area (Å²) < 4.78 is 0.876. The highest BCUT2D eigenvalue weighted by atomic mass is 79.9. The van der Waals surface area contributed by atoms with E-state index in [0.29, 0.717) is 38.2 Å². The first-order valence-electron chi connectivity index (χ1n) is 10.4. The summed E-state index contributed by atoms with van der Waals surface area (Å²) in [6.07, 6.45) is 8.31. The molecule has 6 heteroatoms. The molecule has 2 aliphatic rings. The van der Waals surface area contributed by atoms with Gasteiger partial charge < -0.3 is 10.2 Å². The van der Waals surface area contributed by atoms with Crippen molar-refractivity contribution in [3.8, 4) is 0 Å². The molecule has 4 rings (SSSR count). The van der Waals surface area contributed by atoms with E-state index in [9.17, 15) is 9.59 Å². The van der Waals surface area contributed by atoms with E-state index in [2.05, 4.69) is 44.4 Å². The van der Waals surface area contributed by atoms with Crippen LogP contribution in [0.25, 0.3) is 0 Å². The van der Waals surface area contributed by atoms with Crippen LogP contribution in [-0.2, 0) is 28.9 Å². The van der Waals surface area contributed by atoms with Crippen molar-refractivity contribution in [2.45, 2.75) is 44.9 Å². The number of aryl methyl sites for hydroxylation is 2. The molecule has 2 heterocycles. The van der Waals surface area contributed by atoms with Gasteiger partial charge in [-0.05, 0) is 83.3 Å². The molecule has 0 radical (unpaired) electrons. The maximum Gasteiger partial charge on any atom is 0.228 e. The normalized spacial score (nSPS) is 16.9. The van der Waals surface area contributed by atoms with Crippen LogP contribution in [0, 0.1) is 5.92 Å². The van der Waals surface area contributed by atoms with E-state index >= 15 is 0 Å². The standard InChI is InChI=1S/C23H26BrN3O2/c24-20-7-8-21(25-15-20)26-23(29)18-9-11-27(12-10-18)22(28)14-16-5-6-17-3-1-2-4-19(17)13-16/h5-8,13,15,18H,1-4,9-12,14H2,(H,25,26,29). The molecule has 1 aliphatic carbocycles. The molecule has 1 aliphatic heterocycles. The van der Waals surface area contributed by atoms with Gasteiger partial charge in [0.25, 0.3) is 0 Å². The van der Waals surface area contributed by atoms with Crippen LogP contribution in [0.5, 0.6) is 0 Å². The van der Waals surface area contributed by atoms with Crippen molar-refractivity contribution in [2.24, 2.45) is 5.92 Å². The molecule has 1 fully saturated rings. The topological polar surface area (TPSA) is 62.3 Å². The Bertz CT molecular complexity index is 889. The summed E-state index contributed by atoms with van der Waals surface area (Å²) in [6, 6.07) is 10.2. The van der Waals surface area contributed by atoms with Crippen LogP contribution >= 0.6 is 15.9 Å². The third-order valence-electron chi connectivity index (χ3n) is 5.97. The largest absolute Gasteiger partial charge is 0.342 e. The van der Waals surface area contributed by atoms with Crippen molar-refractivity contribution >= 4 is 33.6 Å². The fourth-order valence-electron chi connectivity index (χ4n) is 4.25. The lowest BCUT2D eigenvalue weighted by Crippen LogP contribution is -2.42. The summed E-state index contributed by atoms with van der Waals surface area (Å²) in [5, 5.41) is 2.88. The number of nitrogens with one attached hydrogen (secondary N) is 1. The Morgan fingerprint density at radius 2 is 1.83 bits per heavy atom. The molecular formula is C23H26BrN3O2. The number of benzene rings is 1. The van der Waals surface area contributed by atoms with Crippen LogP contribution in [0.3, 0.4) is 0 Å². The fraction of sp³-hybridized carbons (Fsp3) is 0.435. The Labute approximate surface area is 180 Å². The summed E-state index contributed by atoms with van der Waals surface area (Å²) in [7, 11) is 0. The summed E-state index contributed by atoms with van der Waals surface area (Å²) in [5.41, 5.74) is 3.97. The number of hydrogen-bond donors (Lipinski definition) is 1. The Morgan fingerprint density at radius 1 is 1.07 bits per heavy atom. The number of anilines is 1. The number of aromatic nitrogens is 1. The van der Waals surface area contributed by atoms with Gasteiger partial charge in [0, 0.05) is 29.7 Å². The van der Waals surface area contributed by atoms with E-state index in [-0.39, 0.29) is 17.7 Å². The molecule has 0 bridgehead atoms. The minimum atomic E-state index is -0.0757. The van der Waals surface area contributed by atoms with Gasteiger partial charge in [-0.1, -0.05) is 18.2 Å². The first-order valence-corrected chi connectivity index (χ1v) is 11.2. The van der Waals surface area contributed by atoms with Crippen LogP contribution in [0.2, 0.25) is 0 Å². The van der Waals surface area contributed by atoms with Gasteiger partial charge in [0.05, 0.1) is 6.42 Å². The zero-order chi connectivity index (χ0) is 20.2. The zero-order valence-electron chi connectivity index (χ0n) is 16.5. The highest BCUT2D eigenvalue weighted by molar-refractivity contribution is 9.10. The molecule has 1 N–H and O–H groups in total. The first-order chi connectivity index (χ1) is 14.1. The maximum atomic E-state index is 12.7. The molecule has 1 saturated heterocycles. The second kappa shape index (κ2) is 9.08. The number of carbonyl (C=O) groups is 2. The van der Waals surface area contributed by atoms with E-state index in [1.54, 1.807) is 12.3 Å². The van der Waals surface area contributed by atoms with Crippen molar-refractivity contribution in [1.29, 1.82) is 0 Å². The van der Waals surface area contributed by atoms with Crippen LogP contribution in [-0.4, -0.2) is 34.8 Å². The molecule has 0 atom stereocenters. The van der Waals surface area contributed by atoms with Crippen LogP contribution < -0.4 is 5.32 Å². The summed E-state index contributed by atoms with van der Waals surface area (Å²) in [6.45, 7) is 1.27. The second-order valence-corrected chi connectivity index (χ2v) is 8.91. The quantitative estimate of drug-likeness (QED) is 0.752. The highest BCUT2D eigenvalue weighted by Crippen LogP contribution is 2.24. The predicted octanol–water partition coefficient (Wildman–Crippen LogP) is 4.14. The van der Waals surface area contributed by atoms with Gasteiger partial charge in [-0.2, -0.15) is 0 Å². The molecule has 0 saturated carbocycles. The molecular weight excluding hydrogens is 430 g/mol. The number of fused-ring (bicyclic) bond motifs is 1. The number of hydrogen-bond acceptors (Lipinski definition) is 3. The molecule has 2 amide bonds. The van der Waals surface area contributed by atoms with E-state index in [1.165, 1.54) is 24.0 Å². The summed E-state index contributed by atoms with van der Waals surface area (Å²) >= 11 is 3.34. The van der Waals surface area contributed by atoms with Crippen LogP contribution in [0.1, 0.15) is 42.4 Å². The minimum absolute atomic E-state index is 0.0124. The van der Waals surface area contributed by atoms with Crippen molar-refractivity contribution in [3.63, 3.8) is 0 Å². The van der Waals surface area contributed by atoms with Crippen molar-refractivity contribution in [3.05, 3.63) is 57.7 Å². The van der Waals surface area contributed by atoms with Gasteiger partial charge in [0.1, 0.15) is 5.82 Å². The lowest BCUT2D eigenvalue weighted by molar-refractivity contribution is -0.133. The van der Waals surface area contributed by atoms with Crippen molar-refractivity contribution in [2.75, 3.05) is 18.4 Å². The van der Waals surface area contributed by atoms with Gasteiger partial charge in [-0.15, -0.1) is 0 Å². The Morgan fingerprint density at radius 3 is 2.55 bits per heavy atom. The van der Waals surface area contributed by atoms with Gasteiger partial charge in [-0.3, -0.25) is 9.59 Å². The second-order valence-electron chi connectivity index (χ2n) is 7.99. The Kier molecular flexibility index (Phi) is 6.28. The lowest BCUT2D eigenvalue weighted by atomic mass is 9.89. The number of nitrogens with zero attached hydrogens (tertiary/aromatic N) is 2. The maximum absolute atomic E-state index is 12.7.